The molecule has 0 aromatic rings. The molecule has 64 heavy (non-hydrogen) atoms. The van der Waals surface area contributed by atoms with Gasteiger partial charge in [-0.05, 0) is 83.5 Å². The van der Waals surface area contributed by atoms with Crippen molar-refractivity contribution in [3.05, 3.63) is 72.9 Å². The lowest BCUT2D eigenvalue weighted by atomic mass is 10.0. The van der Waals surface area contributed by atoms with Crippen LogP contribution in [0.1, 0.15) is 219 Å². The van der Waals surface area contributed by atoms with Gasteiger partial charge in [0.2, 0.25) is 0 Å². The highest BCUT2D eigenvalue weighted by Crippen LogP contribution is 2.43. The first-order valence-electron chi connectivity index (χ1n) is 25.9. The molecule has 10 heteroatoms. The lowest BCUT2D eigenvalue weighted by Crippen LogP contribution is -2.29. The fourth-order valence-corrected chi connectivity index (χ4v) is 7.76. The number of carbonyl (C=O) groups is 1. The number of aliphatic hydroxyl groups excluding tert-OH is 2. The Morgan fingerprint density at radius 1 is 0.500 bits per heavy atom. The molecule has 3 unspecified atom stereocenters. The molecule has 0 saturated carbocycles. The van der Waals surface area contributed by atoms with Crippen molar-refractivity contribution in [2.45, 2.75) is 232 Å². The van der Waals surface area contributed by atoms with E-state index in [1.807, 2.05) is 0 Å². The number of esters is 1. The second-order valence-electron chi connectivity index (χ2n) is 17.2. The van der Waals surface area contributed by atoms with Gasteiger partial charge in [0.15, 0.2) is 0 Å². The van der Waals surface area contributed by atoms with E-state index in [-0.39, 0.29) is 13.0 Å². The molecule has 0 aliphatic heterocycles. The van der Waals surface area contributed by atoms with E-state index in [0.29, 0.717) is 13.0 Å². The topological polar surface area (TPSA) is 132 Å². The quantitative estimate of drug-likeness (QED) is 0.0236. The van der Waals surface area contributed by atoms with E-state index in [0.717, 1.165) is 70.6 Å². The minimum absolute atomic E-state index is 0.0329. The summed E-state index contributed by atoms with van der Waals surface area (Å²) in [6, 6.07) is 0. The smallest absolute Gasteiger partial charge is 0.457 e. The second kappa shape index (κ2) is 50.3. The fourth-order valence-electron chi connectivity index (χ4n) is 6.97. The number of hydrogen-bond donors (Lipinski definition) is 3. The zero-order valence-corrected chi connectivity index (χ0v) is 41.9. The molecule has 0 aliphatic carbocycles. The summed E-state index contributed by atoms with van der Waals surface area (Å²) in [4.78, 5) is 22.7. The van der Waals surface area contributed by atoms with Crippen molar-refractivity contribution in [2.75, 3.05) is 33.0 Å². The van der Waals surface area contributed by atoms with Gasteiger partial charge in [0.1, 0.15) is 12.2 Å². The summed E-state index contributed by atoms with van der Waals surface area (Å²) in [5.41, 5.74) is 0. The number of allylic oxidation sites excluding steroid dienone is 12. The van der Waals surface area contributed by atoms with Crippen LogP contribution in [0.25, 0.3) is 0 Å². The van der Waals surface area contributed by atoms with E-state index in [9.17, 15) is 19.4 Å². The molecule has 0 radical (unpaired) electrons. The summed E-state index contributed by atoms with van der Waals surface area (Å²) in [6.45, 7) is 3.37. The Morgan fingerprint density at radius 2 is 0.891 bits per heavy atom. The lowest BCUT2D eigenvalue weighted by molar-refractivity contribution is -0.154. The molecule has 0 fully saturated rings. The largest absolute Gasteiger partial charge is 0.472 e. The maximum absolute atomic E-state index is 12.7. The summed E-state index contributed by atoms with van der Waals surface area (Å²) in [7, 11) is -4.54. The van der Waals surface area contributed by atoms with E-state index < -0.39 is 45.8 Å². The number of rotatable bonds is 49. The first-order valence-corrected chi connectivity index (χ1v) is 27.4. The predicted octanol–water partition coefficient (Wildman–Crippen LogP) is 15.3. The van der Waals surface area contributed by atoms with Gasteiger partial charge in [0.25, 0.3) is 0 Å². The van der Waals surface area contributed by atoms with Gasteiger partial charge in [-0.3, -0.25) is 13.8 Å². The summed E-state index contributed by atoms with van der Waals surface area (Å²) in [5, 5.41) is 18.4. The Morgan fingerprint density at radius 3 is 1.36 bits per heavy atom. The summed E-state index contributed by atoms with van der Waals surface area (Å²) >= 11 is 0. The van der Waals surface area contributed by atoms with Gasteiger partial charge in [-0.1, -0.05) is 202 Å². The van der Waals surface area contributed by atoms with Crippen molar-refractivity contribution < 1.29 is 43.0 Å². The normalized spacial score (nSPS) is 14.4. The average Bonchev–Trinajstić information content (AvgIpc) is 3.29. The maximum Gasteiger partial charge on any atom is 0.472 e. The van der Waals surface area contributed by atoms with Gasteiger partial charge in [0.05, 0.1) is 26.4 Å². The summed E-state index contributed by atoms with van der Waals surface area (Å²) in [5.74, 6) is -0.413. The maximum atomic E-state index is 12.7. The van der Waals surface area contributed by atoms with Crippen LogP contribution in [0, 0.1) is 0 Å². The first kappa shape index (κ1) is 61.9. The molecule has 0 aromatic heterocycles. The molecule has 0 saturated heterocycles. The summed E-state index contributed by atoms with van der Waals surface area (Å²) < 4.78 is 33.5. The fraction of sp³-hybridized carbons (Fsp3) is 0.759. The first-order chi connectivity index (χ1) is 31.3. The third kappa shape index (κ3) is 49.3. The molecule has 3 atom stereocenters. The Hall–Kier alpha value is -2.10. The number of hydrogen-bond acceptors (Lipinski definition) is 8. The lowest BCUT2D eigenvalue weighted by Gasteiger charge is -2.20. The van der Waals surface area contributed by atoms with Gasteiger partial charge in [-0.25, -0.2) is 4.57 Å². The molecule has 0 aliphatic rings. The molecule has 9 nitrogen and oxygen atoms in total. The van der Waals surface area contributed by atoms with E-state index >= 15 is 0 Å². The minimum atomic E-state index is -4.54. The van der Waals surface area contributed by atoms with Crippen LogP contribution in [-0.2, 0) is 27.9 Å². The van der Waals surface area contributed by atoms with Crippen molar-refractivity contribution in [2.24, 2.45) is 0 Å². The molecule has 0 heterocycles. The molecule has 0 aromatic carbocycles. The number of phosphoric acid groups is 1. The van der Waals surface area contributed by atoms with Crippen molar-refractivity contribution in [1.29, 1.82) is 0 Å². The number of aliphatic hydroxyl groups is 2. The monoisotopic (exact) mass is 921 g/mol. The number of unbranched alkanes of at least 4 members (excludes halogenated alkanes) is 23. The van der Waals surface area contributed by atoms with Crippen molar-refractivity contribution in [1.82, 2.24) is 0 Å². The Labute approximate surface area is 392 Å². The van der Waals surface area contributed by atoms with E-state index in [4.69, 9.17) is 23.6 Å². The molecule has 372 valence electrons. The average molecular weight is 921 g/mol. The van der Waals surface area contributed by atoms with Crippen LogP contribution >= 0.6 is 7.82 Å². The third-order valence-corrected chi connectivity index (χ3v) is 11.8. The molecule has 3 N–H and O–H groups in total. The molecular formula is C54H97O9P. The minimum Gasteiger partial charge on any atom is -0.457 e. The van der Waals surface area contributed by atoms with Crippen molar-refractivity contribution in [3.8, 4) is 0 Å². The van der Waals surface area contributed by atoms with Crippen LogP contribution in [-0.4, -0.2) is 66.3 Å². The zero-order valence-electron chi connectivity index (χ0n) is 41.0. The van der Waals surface area contributed by atoms with Crippen LogP contribution < -0.4 is 0 Å². The van der Waals surface area contributed by atoms with Gasteiger partial charge in [0, 0.05) is 13.0 Å². The van der Waals surface area contributed by atoms with Gasteiger partial charge >= 0.3 is 13.8 Å². The van der Waals surface area contributed by atoms with Gasteiger partial charge in [-0.15, -0.1) is 0 Å². The second-order valence-corrected chi connectivity index (χ2v) is 18.6. The van der Waals surface area contributed by atoms with Gasteiger partial charge in [-0.2, -0.15) is 0 Å². The molecule has 0 spiro atoms. The summed E-state index contributed by atoms with van der Waals surface area (Å²) in [6.07, 6.45) is 61.6. The van der Waals surface area contributed by atoms with Crippen LogP contribution in [0.2, 0.25) is 0 Å². The van der Waals surface area contributed by atoms with Crippen LogP contribution in [0.15, 0.2) is 72.9 Å². The SMILES string of the molecule is CC/C=C\C/C=C\C/C=C\C/C=C\C/C=C\CCCCCC(=O)OC(COCCCCCCCCCCCCCC/C=C\CCCCCCCCCC)COP(=O)(O)OCC(O)CO. The molecule has 0 rings (SSSR count). The van der Waals surface area contributed by atoms with Crippen LogP contribution in [0.4, 0.5) is 0 Å². The number of phosphoric ester groups is 1. The highest BCUT2D eigenvalue weighted by molar-refractivity contribution is 7.47. The number of ether oxygens (including phenoxy) is 2. The standard InChI is InChI=1S/C54H97O9P/c1-3-5-7-9-11-13-15-17-19-21-23-24-25-26-27-29-31-33-35-37-39-41-43-45-47-60-50-53(51-62-64(58,59)61-49-52(56)48-55)63-54(57)46-44-42-40-38-36-34-32-30-28-22-20-18-16-14-12-10-8-6-4-2/h6,8,12,14,18,20-21,23,28,30,34,36,52-53,55-56H,3-5,7,9-11,13,15-17,19,22,24-27,29,31-33,35,37-51H2,1-2H3,(H,58,59)/b8-6-,14-12-,20-18-,23-21-,30-28-,36-34-. The molecule has 0 bridgehead atoms. The highest BCUT2D eigenvalue weighted by Gasteiger charge is 2.26. The number of carbonyl (C=O) groups excluding carboxylic acids is 1. The Bertz CT molecular complexity index is 1230. The highest BCUT2D eigenvalue weighted by atomic mass is 31.2. The van der Waals surface area contributed by atoms with Crippen LogP contribution in [0.5, 0.6) is 0 Å². The molecule has 0 amide bonds. The van der Waals surface area contributed by atoms with E-state index in [2.05, 4.69) is 86.8 Å². The Kier molecular flexibility index (Phi) is 48.7. The Balaban J connectivity index is 4.11. The van der Waals surface area contributed by atoms with Crippen LogP contribution in [0.3, 0.4) is 0 Å². The van der Waals surface area contributed by atoms with Crippen molar-refractivity contribution in [3.63, 3.8) is 0 Å². The van der Waals surface area contributed by atoms with Crippen molar-refractivity contribution >= 4 is 13.8 Å². The molecular weight excluding hydrogens is 824 g/mol. The third-order valence-electron chi connectivity index (χ3n) is 10.9. The van der Waals surface area contributed by atoms with E-state index in [1.54, 1.807) is 0 Å². The predicted molar refractivity (Wildman–Crippen MR) is 269 cm³/mol. The van der Waals surface area contributed by atoms with E-state index in [1.165, 1.54) is 122 Å². The van der Waals surface area contributed by atoms with Gasteiger partial charge < -0.3 is 24.6 Å². The zero-order chi connectivity index (χ0) is 46.7.